The van der Waals surface area contributed by atoms with Crippen LogP contribution >= 0.6 is 0 Å². The largest absolute Gasteiger partial charge is 0.307 e. The Morgan fingerprint density at radius 2 is 2.20 bits per heavy atom. The molecule has 1 heterocycles. The quantitative estimate of drug-likeness (QED) is 0.792. The van der Waals surface area contributed by atoms with E-state index in [2.05, 4.69) is 29.2 Å². The van der Waals surface area contributed by atoms with Gasteiger partial charge in [0.2, 0.25) is 0 Å². The van der Waals surface area contributed by atoms with Crippen LogP contribution in [0.1, 0.15) is 38.3 Å². The first-order chi connectivity index (χ1) is 7.15. The lowest BCUT2D eigenvalue weighted by atomic mass is 10.1. The van der Waals surface area contributed by atoms with Crippen LogP contribution in [0.2, 0.25) is 0 Å². The van der Waals surface area contributed by atoms with Crippen molar-refractivity contribution in [3.8, 4) is 0 Å². The zero-order chi connectivity index (χ0) is 10.8. The van der Waals surface area contributed by atoms with Crippen LogP contribution in [0.25, 0.3) is 0 Å². The molecule has 0 unspecified atom stereocenters. The molecule has 0 aromatic carbocycles. The molecule has 15 heavy (non-hydrogen) atoms. The second-order valence-corrected chi connectivity index (χ2v) is 4.82. The van der Waals surface area contributed by atoms with Gasteiger partial charge in [0.25, 0.3) is 0 Å². The minimum atomic E-state index is 0.622. The average molecular weight is 208 g/mol. The van der Waals surface area contributed by atoms with Gasteiger partial charge in [0.05, 0.1) is 6.54 Å². The van der Waals surface area contributed by atoms with Crippen molar-refractivity contribution >= 4 is 0 Å². The van der Waals surface area contributed by atoms with Crippen molar-refractivity contribution in [2.45, 2.75) is 45.7 Å². The Hall–Kier alpha value is -0.900. The van der Waals surface area contributed by atoms with Gasteiger partial charge in [-0.1, -0.05) is 13.8 Å². The normalized spacial score (nSPS) is 16.3. The molecule has 1 saturated carbocycles. The molecule has 1 aromatic rings. The Balaban J connectivity index is 1.93. The van der Waals surface area contributed by atoms with Gasteiger partial charge in [-0.15, -0.1) is 0 Å². The lowest BCUT2D eigenvalue weighted by molar-refractivity contribution is 0.602. The summed E-state index contributed by atoms with van der Waals surface area (Å²) >= 11 is 0. The minimum absolute atomic E-state index is 0.622. The van der Waals surface area contributed by atoms with Crippen LogP contribution in [0.3, 0.4) is 0 Å². The van der Waals surface area contributed by atoms with E-state index in [0.717, 1.165) is 30.7 Å². The fraction of sp³-hybridized carbons (Fsp3) is 0.818. The third-order valence-corrected chi connectivity index (χ3v) is 2.61. The lowest BCUT2D eigenvalue weighted by Crippen LogP contribution is -2.18. The van der Waals surface area contributed by atoms with Crippen LogP contribution < -0.4 is 5.32 Å². The predicted molar refractivity (Wildman–Crippen MR) is 59.4 cm³/mol. The molecule has 1 aliphatic rings. The highest BCUT2D eigenvalue weighted by molar-refractivity contribution is 4.94. The molecule has 4 nitrogen and oxygen atoms in total. The van der Waals surface area contributed by atoms with Gasteiger partial charge in [0, 0.05) is 19.5 Å². The Morgan fingerprint density at radius 3 is 2.80 bits per heavy atom. The van der Waals surface area contributed by atoms with Gasteiger partial charge in [0.15, 0.2) is 5.82 Å². The van der Waals surface area contributed by atoms with Crippen LogP contribution in [0.5, 0.6) is 0 Å². The molecule has 0 aliphatic heterocycles. The van der Waals surface area contributed by atoms with Crippen molar-refractivity contribution in [2.75, 3.05) is 0 Å². The van der Waals surface area contributed by atoms with Crippen molar-refractivity contribution < 1.29 is 0 Å². The van der Waals surface area contributed by atoms with Crippen molar-refractivity contribution in [1.29, 1.82) is 0 Å². The summed E-state index contributed by atoms with van der Waals surface area (Å²) in [5.41, 5.74) is 0. The maximum atomic E-state index is 4.54. The first-order valence-corrected chi connectivity index (χ1v) is 5.77. The number of nitrogens with one attached hydrogen (secondary N) is 1. The standard InChI is InChI=1S/C11H20N4/c1-8(2)6-10-13-11(15(3)14-10)7-12-9-4-5-9/h8-9,12H,4-7H2,1-3H3. The fourth-order valence-electron chi connectivity index (χ4n) is 1.60. The minimum Gasteiger partial charge on any atom is -0.307 e. The maximum Gasteiger partial charge on any atom is 0.151 e. The average Bonchev–Trinajstić information content (AvgIpc) is 2.89. The van der Waals surface area contributed by atoms with Gasteiger partial charge in [-0.3, -0.25) is 4.68 Å². The van der Waals surface area contributed by atoms with Crippen LogP contribution in [0, 0.1) is 5.92 Å². The molecular weight excluding hydrogens is 188 g/mol. The number of aryl methyl sites for hydroxylation is 1. The highest BCUT2D eigenvalue weighted by Gasteiger charge is 2.21. The van der Waals surface area contributed by atoms with Gasteiger partial charge in [-0.2, -0.15) is 5.10 Å². The third-order valence-electron chi connectivity index (χ3n) is 2.61. The fourth-order valence-corrected chi connectivity index (χ4v) is 1.60. The zero-order valence-corrected chi connectivity index (χ0v) is 9.82. The van der Waals surface area contributed by atoms with Crippen molar-refractivity contribution in [1.82, 2.24) is 20.1 Å². The van der Waals surface area contributed by atoms with Gasteiger partial charge in [-0.25, -0.2) is 4.98 Å². The lowest BCUT2D eigenvalue weighted by Gasteiger charge is -2.00. The first kappa shape index (κ1) is 10.6. The predicted octanol–water partition coefficient (Wildman–Crippen LogP) is 1.27. The van der Waals surface area contributed by atoms with E-state index in [-0.39, 0.29) is 0 Å². The number of nitrogens with zero attached hydrogens (tertiary/aromatic N) is 3. The third kappa shape index (κ3) is 3.02. The highest BCUT2D eigenvalue weighted by Crippen LogP contribution is 2.19. The van der Waals surface area contributed by atoms with Crippen LogP contribution in [0.4, 0.5) is 0 Å². The zero-order valence-electron chi connectivity index (χ0n) is 9.82. The monoisotopic (exact) mass is 208 g/mol. The van der Waals surface area contributed by atoms with E-state index in [0.29, 0.717) is 5.92 Å². The summed E-state index contributed by atoms with van der Waals surface area (Å²) in [6, 6.07) is 0.732. The van der Waals surface area contributed by atoms with Gasteiger partial charge in [0.1, 0.15) is 5.82 Å². The molecule has 84 valence electrons. The smallest absolute Gasteiger partial charge is 0.151 e. The number of hydrogen-bond donors (Lipinski definition) is 1. The second-order valence-electron chi connectivity index (χ2n) is 4.82. The molecule has 1 aromatic heterocycles. The summed E-state index contributed by atoms with van der Waals surface area (Å²) < 4.78 is 1.90. The molecule has 0 radical (unpaired) electrons. The Labute approximate surface area is 91.1 Å². The molecule has 1 fully saturated rings. The first-order valence-electron chi connectivity index (χ1n) is 5.77. The number of rotatable bonds is 5. The van der Waals surface area contributed by atoms with E-state index in [1.165, 1.54) is 12.8 Å². The van der Waals surface area contributed by atoms with Crippen molar-refractivity contribution in [3.63, 3.8) is 0 Å². The Bertz CT molecular complexity index is 325. The van der Waals surface area contributed by atoms with Crippen molar-refractivity contribution in [2.24, 2.45) is 13.0 Å². The number of hydrogen-bond acceptors (Lipinski definition) is 3. The molecule has 1 aliphatic carbocycles. The second kappa shape index (κ2) is 4.31. The van der Waals surface area contributed by atoms with E-state index >= 15 is 0 Å². The summed E-state index contributed by atoms with van der Waals surface area (Å²) in [5, 5.41) is 7.87. The van der Waals surface area contributed by atoms with Gasteiger partial charge in [-0.05, 0) is 18.8 Å². The molecule has 0 atom stereocenters. The molecule has 1 N–H and O–H groups in total. The van der Waals surface area contributed by atoms with E-state index in [1.54, 1.807) is 0 Å². The van der Waals surface area contributed by atoms with Gasteiger partial charge < -0.3 is 5.32 Å². The molecule has 0 amide bonds. The van der Waals surface area contributed by atoms with Crippen molar-refractivity contribution in [3.05, 3.63) is 11.6 Å². The summed E-state index contributed by atoms with van der Waals surface area (Å²) in [6.07, 6.45) is 3.60. The topological polar surface area (TPSA) is 42.7 Å². The van der Waals surface area contributed by atoms with Crippen LogP contribution in [0.15, 0.2) is 0 Å². The van der Waals surface area contributed by atoms with Crippen LogP contribution in [-0.2, 0) is 20.0 Å². The summed E-state index contributed by atoms with van der Waals surface area (Å²) in [5.74, 6) is 2.65. The summed E-state index contributed by atoms with van der Waals surface area (Å²) in [7, 11) is 1.97. The molecule has 0 bridgehead atoms. The molecule has 2 rings (SSSR count). The highest BCUT2D eigenvalue weighted by atomic mass is 15.3. The molecule has 0 saturated heterocycles. The Morgan fingerprint density at radius 1 is 1.47 bits per heavy atom. The van der Waals surface area contributed by atoms with E-state index in [1.807, 2.05) is 11.7 Å². The van der Waals surface area contributed by atoms with Gasteiger partial charge >= 0.3 is 0 Å². The van der Waals surface area contributed by atoms with E-state index < -0.39 is 0 Å². The SMILES string of the molecule is CC(C)Cc1nc(CNC2CC2)n(C)n1. The molecular formula is C11H20N4. The van der Waals surface area contributed by atoms with E-state index in [9.17, 15) is 0 Å². The Kier molecular flexibility index (Phi) is 3.05. The molecule has 4 heteroatoms. The number of aromatic nitrogens is 3. The summed E-state index contributed by atoms with van der Waals surface area (Å²) in [6.45, 7) is 5.24. The maximum absolute atomic E-state index is 4.54. The molecule has 0 spiro atoms. The summed E-state index contributed by atoms with van der Waals surface area (Å²) in [4.78, 5) is 4.54. The van der Waals surface area contributed by atoms with E-state index in [4.69, 9.17) is 0 Å². The van der Waals surface area contributed by atoms with Crippen LogP contribution in [-0.4, -0.2) is 20.8 Å².